The molecule has 0 spiro atoms. The van der Waals surface area contributed by atoms with Crippen LogP contribution in [0.3, 0.4) is 0 Å². The third-order valence-corrected chi connectivity index (χ3v) is 8.04. The van der Waals surface area contributed by atoms with Crippen molar-refractivity contribution >= 4 is 0 Å². The molecule has 202 valence electrons. The van der Waals surface area contributed by atoms with Crippen molar-refractivity contribution in [1.82, 2.24) is 0 Å². The van der Waals surface area contributed by atoms with Gasteiger partial charge in [0.2, 0.25) is 0 Å². The van der Waals surface area contributed by atoms with Crippen LogP contribution in [-0.4, -0.2) is 20.4 Å². The van der Waals surface area contributed by atoms with Gasteiger partial charge in [0.25, 0.3) is 0 Å². The monoisotopic (exact) mass is 530 g/mol. The molecule has 4 heteroatoms. The SMILES string of the molecule is CC(C)(c1ccc(C(C)(C)c2ccc(O)cc2-c2ccc(O)cc2)cc1)c1ccc(O)cc1-c1ccc(O)cc1. The van der Waals surface area contributed by atoms with Crippen LogP contribution >= 0.6 is 0 Å². The molecule has 0 saturated heterocycles. The maximum Gasteiger partial charge on any atom is 0.116 e. The number of rotatable bonds is 6. The van der Waals surface area contributed by atoms with Crippen LogP contribution < -0.4 is 0 Å². The highest BCUT2D eigenvalue weighted by atomic mass is 16.3. The normalized spacial score (nSPS) is 11.9. The Labute approximate surface area is 235 Å². The summed E-state index contributed by atoms with van der Waals surface area (Å²) >= 11 is 0. The van der Waals surface area contributed by atoms with E-state index in [1.54, 1.807) is 48.5 Å². The summed E-state index contributed by atoms with van der Waals surface area (Å²) in [6.45, 7) is 8.69. The summed E-state index contributed by atoms with van der Waals surface area (Å²) in [6.07, 6.45) is 0. The zero-order valence-electron chi connectivity index (χ0n) is 23.2. The van der Waals surface area contributed by atoms with Gasteiger partial charge in [0.05, 0.1) is 0 Å². The predicted octanol–water partition coefficient (Wildman–Crippen LogP) is 8.49. The summed E-state index contributed by atoms with van der Waals surface area (Å²) in [7, 11) is 0. The molecule has 5 aromatic carbocycles. The quantitative estimate of drug-likeness (QED) is 0.177. The average molecular weight is 531 g/mol. The Balaban J connectivity index is 1.54. The third-order valence-electron chi connectivity index (χ3n) is 8.04. The molecular formula is C36H34O4. The highest BCUT2D eigenvalue weighted by Gasteiger charge is 2.30. The van der Waals surface area contributed by atoms with E-state index in [0.29, 0.717) is 0 Å². The lowest BCUT2D eigenvalue weighted by Crippen LogP contribution is -2.22. The van der Waals surface area contributed by atoms with Crippen LogP contribution in [0, 0.1) is 0 Å². The molecule has 5 rings (SSSR count). The lowest BCUT2D eigenvalue weighted by atomic mass is 9.72. The first kappa shape index (κ1) is 26.9. The molecule has 4 N–H and O–H groups in total. The van der Waals surface area contributed by atoms with Crippen LogP contribution in [0.5, 0.6) is 23.0 Å². The van der Waals surface area contributed by atoms with Crippen molar-refractivity contribution < 1.29 is 20.4 Å². The maximum atomic E-state index is 10.3. The Bertz CT molecular complexity index is 1520. The molecule has 0 aliphatic rings. The topological polar surface area (TPSA) is 80.9 Å². The number of benzene rings is 5. The molecule has 40 heavy (non-hydrogen) atoms. The van der Waals surface area contributed by atoms with E-state index in [9.17, 15) is 20.4 Å². The van der Waals surface area contributed by atoms with E-state index in [2.05, 4.69) is 52.0 Å². The van der Waals surface area contributed by atoms with Gasteiger partial charge < -0.3 is 20.4 Å². The lowest BCUT2D eigenvalue weighted by Gasteiger charge is -2.32. The smallest absolute Gasteiger partial charge is 0.116 e. The highest BCUT2D eigenvalue weighted by molar-refractivity contribution is 5.73. The van der Waals surface area contributed by atoms with Gasteiger partial charge in [0, 0.05) is 10.8 Å². The third kappa shape index (κ3) is 5.01. The molecule has 0 aromatic heterocycles. The molecule has 0 atom stereocenters. The van der Waals surface area contributed by atoms with Crippen molar-refractivity contribution in [1.29, 1.82) is 0 Å². The molecule has 0 amide bonds. The lowest BCUT2D eigenvalue weighted by molar-refractivity contribution is 0.474. The van der Waals surface area contributed by atoms with Crippen molar-refractivity contribution in [3.05, 3.63) is 131 Å². The second kappa shape index (κ2) is 10.1. The van der Waals surface area contributed by atoms with E-state index >= 15 is 0 Å². The molecule has 0 saturated carbocycles. The molecule has 0 heterocycles. The van der Waals surface area contributed by atoms with Gasteiger partial charge in [-0.3, -0.25) is 0 Å². The van der Waals surface area contributed by atoms with E-state index in [4.69, 9.17) is 0 Å². The zero-order chi connectivity index (χ0) is 28.7. The van der Waals surface area contributed by atoms with Crippen LogP contribution in [0.1, 0.15) is 49.9 Å². The van der Waals surface area contributed by atoms with Crippen LogP contribution in [0.4, 0.5) is 0 Å². The van der Waals surface area contributed by atoms with E-state index in [-0.39, 0.29) is 33.8 Å². The first-order valence-electron chi connectivity index (χ1n) is 13.3. The van der Waals surface area contributed by atoms with E-state index < -0.39 is 0 Å². The summed E-state index contributed by atoms with van der Waals surface area (Å²) in [5.41, 5.74) is 7.30. The van der Waals surface area contributed by atoms with Gasteiger partial charge in [-0.1, -0.05) is 88.4 Å². The van der Waals surface area contributed by atoms with Gasteiger partial charge in [-0.15, -0.1) is 0 Å². The summed E-state index contributed by atoms with van der Waals surface area (Å²) in [4.78, 5) is 0. The fourth-order valence-electron chi connectivity index (χ4n) is 5.53. The molecule has 0 bridgehead atoms. The Morgan fingerprint density at radius 3 is 1.00 bits per heavy atom. The molecule has 0 aliphatic carbocycles. The molecule has 0 fully saturated rings. The molecule has 4 nitrogen and oxygen atoms in total. The minimum absolute atomic E-state index is 0.193. The van der Waals surface area contributed by atoms with Gasteiger partial charge in [-0.2, -0.15) is 0 Å². The Morgan fingerprint density at radius 2 is 0.675 bits per heavy atom. The molecule has 0 unspecified atom stereocenters. The first-order valence-corrected chi connectivity index (χ1v) is 13.3. The molecular weight excluding hydrogens is 496 g/mol. The second-order valence-electron chi connectivity index (χ2n) is 11.4. The van der Waals surface area contributed by atoms with Gasteiger partial charge in [-0.25, -0.2) is 0 Å². The van der Waals surface area contributed by atoms with Gasteiger partial charge in [0.1, 0.15) is 23.0 Å². The van der Waals surface area contributed by atoms with Crippen molar-refractivity contribution in [2.75, 3.05) is 0 Å². The number of hydrogen-bond acceptors (Lipinski definition) is 4. The second-order valence-corrected chi connectivity index (χ2v) is 11.4. The summed E-state index contributed by atoms with van der Waals surface area (Å²) < 4.78 is 0. The van der Waals surface area contributed by atoms with Gasteiger partial charge in [0.15, 0.2) is 0 Å². The number of phenols is 4. The maximum absolute atomic E-state index is 10.3. The van der Waals surface area contributed by atoms with E-state index in [1.165, 1.54) is 0 Å². The minimum Gasteiger partial charge on any atom is -0.508 e. The van der Waals surface area contributed by atoms with Crippen molar-refractivity contribution in [2.45, 2.75) is 38.5 Å². The average Bonchev–Trinajstić information content (AvgIpc) is 2.93. The summed E-state index contributed by atoms with van der Waals surface area (Å²) in [6, 6.07) is 33.6. The zero-order valence-corrected chi connectivity index (χ0v) is 23.2. The van der Waals surface area contributed by atoms with Gasteiger partial charge >= 0.3 is 0 Å². The van der Waals surface area contributed by atoms with E-state index in [1.807, 2.05) is 36.4 Å². The Kier molecular flexibility index (Phi) is 6.80. The molecule has 0 radical (unpaired) electrons. The predicted molar refractivity (Wildman–Crippen MR) is 161 cm³/mol. The fraction of sp³-hybridized carbons (Fsp3) is 0.167. The Morgan fingerprint density at radius 1 is 0.375 bits per heavy atom. The van der Waals surface area contributed by atoms with Crippen LogP contribution in [-0.2, 0) is 10.8 Å². The number of aromatic hydroxyl groups is 4. The van der Waals surface area contributed by atoms with Crippen LogP contribution in [0.2, 0.25) is 0 Å². The first-order chi connectivity index (χ1) is 19.0. The number of phenolic OH excluding ortho intramolecular Hbond substituents is 4. The van der Waals surface area contributed by atoms with Crippen molar-refractivity contribution in [3.63, 3.8) is 0 Å². The standard InChI is InChI=1S/C36H34O4/c1-35(2,33-19-17-29(39)21-31(33)23-5-13-27(37)14-6-23)25-9-11-26(12-10-25)36(3,4)34-20-18-30(40)22-32(34)24-7-15-28(38)16-8-24/h5-22,37-40H,1-4H3. The van der Waals surface area contributed by atoms with Gasteiger partial charge in [-0.05, 0) is 93.0 Å². The fourth-order valence-corrected chi connectivity index (χ4v) is 5.53. The summed E-state index contributed by atoms with van der Waals surface area (Å²) in [5, 5.41) is 40.1. The van der Waals surface area contributed by atoms with E-state index in [0.717, 1.165) is 44.5 Å². The molecule has 5 aromatic rings. The Hall–Kier alpha value is -4.70. The minimum atomic E-state index is -0.376. The van der Waals surface area contributed by atoms with Crippen LogP contribution in [0.15, 0.2) is 109 Å². The molecule has 0 aliphatic heterocycles. The van der Waals surface area contributed by atoms with Crippen LogP contribution in [0.25, 0.3) is 22.3 Å². The number of hydrogen-bond donors (Lipinski definition) is 4. The largest absolute Gasteiger partial charge is 0.508 e. The van der Waals surface area contributed by atoms with Crippen molar-refractivity contribution in [2.24, 2.45) is 0 Å². The van der Waals surface area contributed by atoms with Crippen molar-refractivity contribution in [3.8, 4) is 45.3 Å². The summed E-state index contributed by atoms with van der Waals surface area (Å²) in [5.74, 6) is 0.784. The highest BCUT2D eigenvalue weighted by Crippen LogP contribution is 2.43.